The molecule has 1 aromatic rings. The fourth-order valence-corrected chi connectivity index (χ4v) is 3.38. The summed E-state index contributed by atoms with van der Waals surface area (Å²) in [6, 6.07) is 10.4. The van der Waals surface area contributed by atoms with Gasteiger partial charge < -0.3 is 4.57 Å². The van der Waals surface area contributed by atoms with E-state index in [1.54, 1.807) is 0 Å². The Labute approximate surface area is 140 Å². The van der Waals surface area contributed by atoms with Crippen molar-refractivity contribution in [3.63, 3.8) is 0 Å². The number of hydrogen-bond acceptors (Lipinski definition) is 3. The molecular weight excluding hydrogens is 296 g/mol. The highest BCUT2D eigenvalue weighted by molar-refractivity contribution is 5.67. The van der Waals surface area contributed by atoms with E-state index in [-0.39, 0.29) is 0 Å². The molecule has 1 saturated carbocycles. The minimum absolute atomic E-state index is 0.691. The van der Waals surface area contributed by atoms with Gasteiger partial charge in [0.1, 0.15) is 5.69 Å². The van der Waals surface area contributed by atoms with Crippen LogP contribution in [0.25, 0.3) is 17.1 Å². The molecule has 0 amide bonds. The zero-order valence-corrected chi connectivity index (χ0v) is 13.3. The number of fused-ring (bicyclic) bond motifs is 2. The maximum atomic E-state index is 4.74. The van der Waals surface area contributed by atoms with E-state index in [1.165, 1.54) is 17.6 Å². The fourth-order valence-electron chi connectivity index (χ4n) is 3.38. The normalized spacial score (nSPS) is 22.1. The van der Waals surface area contributed by atoms with Crippen LogP contribution in [0.2, 0.25) is 0 Å². The Balaban J connectivity index is 1.46. The summed E-state index contributed by atoms with van der Waals surface area (Å²) in [5, 5.41) is 0. The average molecular weight is 314 g/mol. The molecule has 0 radical (unpaired) electrons. The summed E-state index contributed by atoms with van der Waals surface area (Å²) in [6.07, 6.45) is 13.0. The maximum absolute atomic E-state index is 4.74. The third-order valence-electron chi connectivity index (χ3n) is 4.81. The van der Waals surface area contributed by atoms with Crippen LogP contribution in [0.15, 0.2) is 61.1 Å². The monoisotopic (exact) mass is 314 g/mol. The molecule has 1 aromatic carbocycles. The predicted octanol–water partition coefficient (Wildman–Crippen LogP) is 3.81. The van der Waals surface area contributed by atoms with Gasteiger partial charge >= 0.3 is 0 Å². The highest BCUT2D eigenvalue weighted by Crippen LogP contribution is 2.44. The fraction of sp³-hybridized carbons (Fsp3) is 0.250. The molecule has 4 heteroatoms. The molecule has 5 rings (SSSR count). The van der Waals surface area contributed by atoms with Gasteiger partial charge in [0.2, 0.25) is 0 Å². The van der Waals surface area contributed by atoms with Gasteiger partial charge in [0.05, 0.1) is 6.33 Å². The van der Waals surface area contributed by atoms with E-state index >= 15 is 0 Å². The lowest BCUT2D eigenvalue weighted by Gasteiger charge is -2.06. The van der Waals surface area contributed by atoms with Gasteiger partial charge in [-0.1, -0.05) is 48.6 Å². The van der Waals surface area contributed by atoms with Crippen LogP contribution in [0.4, 0.5) is 0 Å². The molecule has 2 atom stereocenters. The van der Waals surface area contributed by atoms with Crippen molar-refractivity contribution in [1.29, 1.82) is 0 Å². The van der Waals surface area contributed by atoms with E-state index in [0.717, 1.165) is 36.2 Å². The first-order valence-corrected chi connectivity index (χ1v) is 8.46. The predicted molar refractivity (Wildman–Crippen MR) is 93.3 cm³/mol. The molecule has 2 unspecified atom stereocenters. The quantitative estimate of drug-likeness (QED) is 0.691. The summed E-state index contributed by atoms with van der Waals surface area (Å²) < 4.78 is 2.06. The van der Waals surface area contributed by atoms with Crippen LogP contribution >= 0.6 is 0 Å². The number of imidazole rings is 1. The van der Waals surface area contributed by atoms with Crippen molar-refractivity contribution in [3.05, 3.63) is 72.5 Å². The molecule has 4 nitrogen and oxygen atoms in total. The van der Waals surface area contributed by atoms with Crippen molar-refractivity contribution in [2.24, 2.45) is 11.8 Å². The molecule has 0 aromatic heterocycles. The van der Waals surface area contributed by atoms with Crippen LogP contribution in [0.3, 0.4) is 0 Å². The van der Waals surface area contributed by atoms with Gasteiger partial charge in [0.15, 0.2) is 11.6 Å². The SMILES string of the molecule is C1=CC2CC2C=C(c2nc3cn(Cc4ccccc4)cnc-3n2)C1. The lowest BCUT2D eigenvalue weighted by molar-refractivity contribution is 0.764. The molecule has 0 N–H and O–H groups in total. The number of benzene rings is 1. The van der Waals surface area contributed by atoms with Gasteiger partial charge in [0.25, 0.3) is 0 Å². The van der Waals surface area contributed by atoms with Crippen LogP contribution in [-0.4, -0.2) is 19.5 Å². The number of hydrogen-bond donors (Lipinski definition) is 0. The van der Waals surface area contributed by atoms with Crippen LogP contribution < -0.4 is 0 Å². The van der Waals surface area contributed by atoms with Crippen LogP contribution in [0.1, 0.15) is 24.2 Å². The Kier molecular flexibility index (Phi) is 3.08. The standard InChI is InChI=1S/C20H18N4/c1-2-5-14(6-3-1)11-24-12-18-20(21-13-24)23-19(22-18)16-8-4-7-15-9-17(15)10-16/h1-7,10,12-13,15,17H,8-9,11H2. The Bertz CT molecular complexity index is 907. The van der Waals surface area contributed by atoms with Crippen LogP contribution in [0.5, 0.6) is 0 Å². The molecule has 0 saturated heterocycles. The van der Waals surface area contributed by atoms with Gasteiger partial charge in [-0.2, -0.15) is 0 Å². The summed E-state index contributed by atoms with van der Waals surface area (Å²) in [5.41, 5.74) is 3.36. The molecule has 2 aliphatic heterocycles. The Morgan fingerprint density at radius 2 is 1.96 bits per heavy atom. The molecule has 24 heavy (non-hydrogen) atoms. The smallest absolute Gasteiger partial charge is 0.183 e. The summed E-state index contributed by atoms with van der Waals surface area (Å²) in [6.45, 7) is 0.793. The minimum Gasteiger partial charge on any atom is -0.332 e. The zero-order valence-electron chi connectivity index (χ0n) is 13.3. The first-order chi connectivity index (χ1) is 11.8. The Hall–Kier alpha value is -2.75. The second-order valence-electron chi connectivity index (χ2n) is 6.68. The van der Waals surface area contributed by atoms with Crippen molar-refractivity contribution in [1.82, 2.24) is 19.5 Å². The lowest BCUT2D eigenvalue weighted by atomic mass is 10.1. The second kappa shape index (κ2) is 5.41. The first kappa shape index (κ1) is 13.7. The second-order valence-corrected chi connectivity index (χ2v) is 6.68. The number of aromatic nitrogens is 4. The number of allylic oxidation sites excluding steroid dienone is 4. The first-order valence-electron chi connectivity index (χ1n) is 8.46. The molecule has 2 aliphatic carbocycles. The van der Waals surface area contributed by atoms with Gasteiger partial charge in [-0.3, -0.25) is 0 Å². The lowest BCUT2D eigenvalue weighted by Crippen LogP contribution is -2.02. The van der Waals surface area contributed by atoms with Crippen molar-refractivity contribution in [2.75, 3.05) is 0 Å². The minimum atomic E-state index is 0.691. The molecular formula is C20H18N4. The van der Waals surface area contributed by atoms with Crippen molar-refractivity contribution >= 4 is 5.57 Å². The molecule has 0 bridgehead atoms. The van der Waals surface area contributed by atoms with E-state index in [0.29, 0.717) is 5.92 Å². The number of nitrogens with zero attached hydrogens (tertiary/aromatic N) is 4. The van der Waals surface area contributed by atoms with Crippen LogP contribution in [-0.2, 0) is 6.54 Å². The summed E-state index contributed by atoms with van der Waals surface area (Å²) in [7, 11) is 0. The summed E-state index contributed by atoms with van der Waals surface area (Å²) in [4.78, 5) is 13.9. The topological polar surface area (TPSA) is 43.6 Å². The highest BCUT2D eigenvalue weighted by atomic mass is 15.1. The van der Waals surface area contributed by atoms with Crippen molar-refractivity contribution in [2.45, 2.75) is 19.4 Å². The van der Waals surface area contributed by atoms with Gasteiger partial charge in [-0.25, -0.2) is 15.0 Å². The molecule has 118 valence electrons. The third-order valence-corrected chi connectivity index (χ3v) is 4.81. The third kappa shape index (κ3) is 2.54. The molecule has 0 spiro atoms. The molecule has 4 aliphatic rings. The van der Waals surface area contributed by atoms with E-state index in [4.69, 9.17) is 4.98 Å². The highest BCUT2D eigenvalue weighted by Gasteiger charge is 2.34. The summed E-state index contributed by atoms with van der Waals surface area (Å²) in [5.74, 6) is 3.01. The zero-order chi connectivity index (χ0) is 15.9. The number of rotatable bonds is 3. The van der Waals surface area contributed by atoms with E-state index < -0.39 is 0 Å². The van der Waals surface area contributed by atoms with Gasteiger partial charge in [0, 0.05) is 12.7 Å². The molecule has 1 fully saturated rings. The Morgan fingerprint density at radius 3 is 2.88 bits per heavy atom. The Morgan fingerprint density at radius 1 is 1.04 bits per heavy atom. The maximum Gasteiger partial charge on any atom is 0.183 e. The largest absolute Gasteiger partial charge is 0.332 e. The van der Waals surface area contributed by atoms with Crippen molar-refractivity contribution < 1.29 is 0 Å². The van der Waals surface area contributed by atoms with Crippen molar-refractivity contribution in [3.8, 4) is 11.5 Å². The van der Waals surface area contributed by atoms with Gasteiger partial charge in [-0.15, -0.1) is 0 Å². The van der Waals surface area contributed by atoms with Gasteiger partial charge in [-0.05, 0) is 35.8 Å². The van der Waals surface area contributed by atoms with Crippen LogP contribution in [0, 0.1) is 11.8 Å². The molecule has 2 heterocycles. The van der Waals surface area contributed by atoms with E-state index in [1.807, 2.05) is 18.6 Å². The van der Waals surface area contributed by atoms with E-state index in [2.05, 4.69) is 57.0 Å². The summed E-state index contributed by atoms with van der Waals surface area (Å²) >= 11 is 0. The van der Waals surface area contributed by atoms with E-state index in [9.17, 15) is 0 Å². The average Bonchev–Trinajstić information content (AvgIpc) is 3.24.